The lowest BCUT2D eigenvalue weighted by molar-refractivity contribution is 0.264. The van der Waals surface area contributed by atoms with Crippen LogP contribution in [-0.4, -0.2) is 36.6 Å². The molecular formula is C88H114O6. The Kier molecular flexibility index (Phi) is 23.3. The molecule has 4 bridgehead atoms. The predicted molar refractivity (Wildman–Crippen MR) is 391 cm³/mol. The van der Waals surface area contributed by atoms with Crippen LogP contribution in [0.1, 0.15) is 287 Å². The van der Waals surface area contributed by atoms with E-state index in [0.717, 1.165) is 94.9 Å². The zero-order chi connectivity index (χ0) is 66.2. The number of rotatable bonds is 36. The number of aliphatic hydroxyl groups is 2. The smallest absolute Gasteiger partial charge is 0.131 e. The van der Waals surface area contributed by atoms with Crippen molar-refractivity contribution in [1.82, 2.24) is 0 Å². The third kappa shape index (κ3) is 15.1. The monoisotopic (exact) mass is 1270 g/mol. The van der Waals surface area contributed by atoms with Crippen LogP contribution >= 0.6 is 0 Å². The van der Waals surface area contributed by atoms with Crippen molar-refractivity contribution in [3.8, 4) is 45.3 Å². The summed E-state index contributed by atoms with van der Waals surface area (Å²) in [5, 5.41) is 24.5. The first-order valence-corrected chi connectivity index (χ1v) is 37.2. The Balaban J connectivity index is 1.10. The van der Waals surface area contributed by atoms with E-state index >= 15 is 0 Å². The van der Waals surface area contributed by atoms with Gasteiger partial charge in [0, 0.05) is 57.1 Å². The molecule has 0 aliphatic heterocycles. The normalized spacial score (nSPS) is 17.6. The summed E-state index contributed by atoms with van der Waals surface area (Å²) < 4.78 is 29.8. The summed E-state index contributed by atoms with van der Waals surface area (Å²) in [7, 11) is 0. The maximum absolute atomic E-state index is 12.3. The Bertz CT molecular complexity index is 3330. The maximum Gasteiger partial charge on any atom is 0.131 e. The molecule has 6 heteroatoms. The topological polar surface area (TPSA) is 77.4 Å². The highest BCUT2D eigenvalue weighted by Gasteiger charge is 2.48. The summed E-state index contributed by atoms with van der Waals surface area (Å²) in [6.45, 7) is 29.9. The Labute approximate surface area is 567 Å². The van der Waals surface area contributed by atoms with E-state index in [1.807, 2.05) is 0 Å². The van der Waals surface area contributed by atoms with Crippen molar-refractivity contribution >= 4 is 0 Å². The van der Waals surface area contributed by atoms with E-state index in [2.05, 4.69) is 204 Å². The van der Waals surface area contributed by atoms with E-state index in [1.165, 1.54) is 131 Å². The van der Waals surface area contributed by atoms with Gasteiger partial charge in [-0.15, -0.1) is 0 Å². The summed E-state index contributed by atoms with van der Waals surface area (Å²) >= 11 is 0. The van der Waals surface area contributed by atoms with Gasteiger partial charge < -0.3 is 29.2 Å². The van der Waals surface area contributed by atoms with Crippen molar-refractivity contribution in [3.05, 3.63) is 199 Å². The van der Waals surface area contributed by atoms with Crippen LogP contribution in [0.2, 0.25) is 0 Å². The summed E-state index contributed by atoms with van der Waals surface area (Å²) in [6.07, 6.45) is 18.2. The highest BCUT2D eigenvalue weighted by atomic mass is 16.5. The Morgan fingerprint density at radius 1 is 0.287 bits per heavy atom. The fourth-order valence-electron chi connectivity index (χ4n) is 16.5. The molecule has 0 unspecified atom stereocenters. The second-order valence-electron chi connectivity index (χ2n) is 31.2. The Morgan fingerprint density at radius 2 is 0.532 bits per heavy atom. The number of hydrogen-bond acceptors (Lipinski definition) is 6. The molecule has 0 heterocycles. The fraction of sp³-hybridized carbons (Fsp3) is 0.523. The van der Waals surface area contributed by atoms with Crippen LogP contribution in [0.3, 0.4) is 0 Å². The molecule has 0 fully saturated rings. The predicted octanol–water partition coefficient (Wildman–Crippen LogP) is 22.9. The SMILES string of the molecule is CC(C)CCC[C@H](C)CCOc1cc(-c2cc(CO)c(-c3cc(OCC[C@@H](C)CCCC(C)C)c4c(c3OCC[C@@H](C)CCCC(C)C)C3c5ccccc5C4c4ccccc43)cc2CO)c(OCC[C@@H](C)CCCC(C)C)c2c1C1c3ccccc3C2c2ccccc21. The van der Waals surface area contributed by atoms with Crippen molar-refractivity contribution in [2.75, 3.05) is 26.4 Å². The lowest BCUT2D eigenvalue weighted by Crippen LogP contribution is -2.29. The van der Waals surface area contributed by atoms with Crippen LogP contribution in [0, 0.1) is 47.3 Å². The molecule has 6 aliphatic carbocycles. The first-order chi connectivity index (χ1) is 45.6. The van der Waals surface area contributed by atoms with E-state index in [4.69, 9.17) is 18.9 Å². The molecule has 0 spiro atoms. The highest BCUT2D eigenvalue weighted by molar-refractivity contribution is 5.89. The lowest BCUT2D eigenvalue weighted by Gasteiger charge is -2.44. The third-order valence-electron chi connectivity index (χ3n) is 21.9. The standard InChI is InChI=1S/C88H114O6/c1-55(2)25-21-29-59(9)41-45-91-77-51-75(87(93-47-43-61(11)31-23-27-57(5)6)85-81-69-37-17-13-33-65(69)79(83(77)85)66-34-14-18-38-70(66)81)73-49-64(54-90)74(50-63(73)53-89)76-52-78(92-46-42-60(10)30-22-26-56(3)4)84-80-67-35-15-19-39-71(67)82(72-40-20-16-36-68(72)80)86(84)88(76)94-48-44-62(12)32-24-28-58(7)8/h13-20,33-40,49-52,55-62,79-82,89-90H,21-32,41-48,53-54H2,1-12H3/t59-,60-,61-,62-,79?,80?,81?,82?/m0/s1. The highest BCUT2D eigenvalue weighted by Crippen LogP contribution is 2.64. The van der Waals surface area contributed by atoms with Crippen molar-refractivity contribution in [1.29, 1.82) is 0 Å². The van der Waals surface area contributed by atoms with E-state index in [1.54, 1.807) is 0 Å². The molecule has 7 aromatic rings. The van der Waals surface area contributed by atoms with Crippen molar-refractivity contribution in [2.24, 2.45) is 47.3 Å². The van der Waals surface area contributed by atoms with Gasteiger partial charge in [0.15, 0.2) is 0 Å². The Hall–Kier alpha value is -6.34. The molecule has 0 radical (unpaired) electrons. The fourth-order valence-corrected chi connectivity index (χ4v) is 16.5. The number of ether oxygens (including phenoxy) is 4. The van der Waals surface area contributed by atoms with Crippen LogP contribution in [0.5, 0.6) is 23.0 Å². The van der Waals surface area contributed by atoms with Crippen molar-refractivity contribution in [2.45, 2.75) is 223 Å². The molecule has 0 amide bonds. The minimum Gasteiger partial charge on any atom is -0.493 e. The number of hydrogen-bond donors (Lipinski definition) is 2. The van der Waals surface area contributed by atoms with Gasteiger partial charge >= 0.3 is 0 Å². The summed E-state index contributed by atoms with van der Waals surface area (Å²) in [5.74, 6) is 7.90. The van der Waals surface area contributed by atoms with Crippen LogP contribution < -0.4 is 18.9 Å². The van der Waals surface area contributed by atoms with Gasteiger partial charge in [0.05, 0.1) is 39.6 Å². The quantitative estimate of drug-likeness (QED) is 0.0407. The first-order valence-electron chi connectivity index (χ1n) is 37.2. The molecule has 94 heavy (non-hydrogen) atoms. The van der Waals surface area contributed by atoms with Crippen LogP contribution in [0.15, 0.2) is 121 Å². The molecule has 13 rings (SSSR count). The summed E-state index contributed by atoms with van der Waals surface area (Å²) in [5.41, 5.74) is 20.3. The summed E-state index contributed by atoms with van der Waals surface area (Å²) in [4.78, 5) is 0. The van der Waals surface area contributed by atoms with E-state index < -0.39 is 0 Å². The van der Waals surface area contributed by atoms with Crippen molar-refractivity contribution < 1.29 is 29.2 Å². The minimum absolute atomic E-state index is 0.0472. The number of benzene rings is 7. The average molecular weight is 1270 g/mol. The van der Waals surface area contributed by atoms with Crippen LogP contribution in [0.25, 0.3) is 22.3 Å². The molecule has 0 aromatic heterocycles. The van der Waals surface area contributed by atoms with E-state index in [9.17, 15) is 10.2 Å². The largest absolute Gasteiger partial charge is 0.493 e. The van der Waals surface area contributed by atoms with E-state index in [0.29, 0.717) is 73.8 Å². The van der Waals surface area contributed by atoms with Gasteiger partial charge in [0.1, 0.15) is 23.0 Å². The average Bonchev–Trinajstić information content (AvgIpc) is 0.699. The molecule has 4 atom stereocenters. The van der Waals surface area contributed by atoms with Gasteiger partial charge in [-0.3, -0.25) is 0 Å². The summed E-state index contributed by atoms with van der Waals surface area (Å²) in [6, 6.07) is 45.1. The van der Waals surface area contributed by atoms with E-state index in [-0.39, 0.29) is 36.9 Å². The van der Waals surface area contributed by atoms with Gasteiger partial charge in [-0.2, -0.15) is 0 Å². The molecule has 0 saturated heterocycles. The molecule has 502 valence electrons. The lowest BCUT2D eigenvalue weighted by atomic mass is 9.60. The van der Waals surface area contributed by atoms with Gasteiger partial charge in [-0.1, -0.05) is 257 Å². The molecule has 2 N–H and O–H groups in total. The zero-order valence-corrected chi connectivity index (χ0v) is 59.6. The van der Waals surface area contributed by atoms with Gasteiger partial charge in [-0.25, -0.2) is 0 Å². The Morgan fingerprint density at radius 3 is 0.777 bits per heavy atom. The minimum atomic E-state index is -0.238. The molecule has 6 aliphatic rings. The van der Waals surface area contributed by atoms with Gasteiger partial charge in [-0.05, 0) is 164 Å². The zero-order valence-electron chi connectivity index (χ0n) is 59.6. The molecule has 7 aromatic carbocycles. The van der Waals surface area contributed by atoms with Crippen molar-refractivity contribution in [3.63, 3.8) is 0 Å². The second-order valence-corrected chi connectivity index (χ2v) is 31.2. The second kappa shape index (κ2) is 31.7. The third-order valence-corrected chi connectivity index (χ3v) is 21.9. The van der Waals surface area contributed by atoms with Crippen LogP contribution in [-0.2, 0) is 13.2 Å². The van der Waals surface area contributed by atoms with Gasteiger partial charge in [0.25, 0.3) is 0 Å². The van der Waals surface area contributed by atoms with Crippen LogP contribution in [0.4, 0.5) is 0 Å². The molecular weight excluding hydrogens is 1150 g/mol. The maximum atomic E-state index is 12.3. The molecule has 6 nitrogen and oxygen atoms in total. The number of aliphatic hydroxyl groups excluding tert-OH is 2. The van der Waals surface area contributed by atoms with Gasteiger partial charge in [0.2, 0.25) is 0 Å². The first kappa shape index (κ1) is 69.0. The molecule has 0 saturated carbocycles.